The van der Waals surface area contributed by atoms with Crippen molar-refractivity contribution in [2.24, 2.45) is 11.8 Å². The van der Waals surface area contributed by atoms with Gasteiger partial charge >= 0.3 is 23.9 Å². The van der Waals surface area contributed by atoms with E-state index in [4.69, 9.17) is 9.47 Å². The third-order valence-electron chi connectivity index (χ3n) is 13.5. The molecule has 368 valence electrons. The number of carboxylic acid groups (broad SMARTS) is 3. The van der Waals surface area contributed by atoms with E-state index in [9.17, 15) is 54.6 Å². The topological polar surface area (TPSA) is 284 Å². The highest BCUT2D eigenvalue weighted by molar-refractivity contribution is 5.78. The number of aliphatic hydroxyl groups excluding tert-OH is 2. The molecule has 0 bridgehead atoms. The van der Waals surface area contributed by atoms with Gasteiger partial charge in [0.25, 0.3) is 0 Å². The molecule has 3 heterocycles. The number of aromatic nitrogens is 3. The van der Waals surface area contributed by atoms with Gasteiger partial charge in [0.2, 0.25) is 11.8 Å². The third kappa shape index (κ3) is 16.7. The fourth-order valence-corrected chi connectivity index (χ4v) is 9.76. The number of aliphatic carboxylic acids is 3. The smallest absolute Gasteiger partial charge is 0.317 e. The molecular weight excluding hydrogens is 851 g/mol. The van der Waals surface area contributed by atoms with Crippen molar-refractivity contribution in [1.82, 2.24) is 44.6 Å². The number of aliphatic hydroxyl groups is 2. The Bertz CT molecular complexity index is 1660. The summed E-state index contributed by atoms with van der Waals surface area (Å²) in [5, 5.41) is 71.6. The molecule has 0 spiro atoms. The fourth-order valence-electron chi connectivity index (χ4n) is 9.76. The highest BCUT2D eigenvalue weighted by Crippen LogP contribution is 2.42. The molecule has 2 saturated carbocycles. The Hall–Kier alpha value is -4.03. The lowest BCUT2D eigenvalue weighted by atomic mass is 9.72. The molecule has 0 radical (unpaired) electrons. The molecule has 4 fully saturated rings. The van der Waals surface area contributed by atoms with E-state index >= 15 is 0 Å². The molecule has 1 aromatic rings. The number of rotatable bonds is 19. The molecule has 7 N–H and O–H groups in total. The first kappa shape index (κ1) is 51.9. The minimum atomic E-state index is -1.03. The van der Waals surface area contributed by atoms with E-state index in [2.05, 4.69) is 29.4 Å². The number of aromatic hydroxyl groups is 1. The minimum absolute atomic E-state index is 0.000807. The van der Waals surface area contributed by atoms with E-state index < -0.39 is 30.1 Å². The Morgan fingerprint density at radius 2 is 1.17 bits per heavy atom. The molecule has 0 aromatic carbocycles. The second kappa shape index (κ2) is 25.8. The predicted molar refractivity (Wildman–Crippen MR) is 233 cm³/mol. The normalized spacial score (nSPS) is 26.6. The summed E-state index contributed by atoms with van der Waals surface area (Å²) in [6, 6.07) is -0.165. The van der Waals surface area contributed by atoms with Crippen LogP contribution in [0.3, 0.4) is 0 Å². The zero-order chi connectivity index (χ0) is 47.0. The third-order valence-corrected chi connectivity index (χ3v) is 13.5. The summed E-state index contributed by atoms with van der Waals surface area (Å²) in [6.45, 7) is 7.62. The molecule has 65 heavy (non-hydrogen) atoms. The van der Waals surface area contributed by atoms with Gasteiger partial charge in [-0.25, -0.2) is 0 Å². The van der Waals surface area contributed by atoms with Gasteiger partial charge in [0.15, 0.2) is 0 Å². The quantitative estimate of drug-likeness (QED) is 0.0849. The lowest BCUT2D eigenvalue weighted by Gasteiger charge is -2.39. The number of ether oxygens (including phenoxy) is 2. The van der Waals surface area contributed by atoms with Gasteiger partial charge in [-0.05, 0) is 56.8 Å². The predicted octanol–water partition coefficient (Wildman–Crippen LogP) is -0.655. The van der Waals surface area contributed by atoms with Gasteiger partial charge in [-0.1, -0.05) is 18.9 Å². The molecule has 22 nitrogen and oxygen atoms in total. The zero-order valence-corrected chi connectivity index (χ0v) is 38.1. The number of likely N-dealkylation sites (tertiary alicyclic amines) is 1. The van der Waals surface area contributed by atoms with Gasteiger partial charge in [-0.3, -0.25) is 48.1 Å². The molecule has 2 saturated heterocycles. The molecule has 2 amide bonds. The summed E-state index contributed by atoms with van der Waals surface area (Å²) < 4.78 is 14.0. The number of piperidine rings is 1. The van der Waals surface area contributed by atoms with Crippen LogP contribution in [-0.2, 0) is 33.4 Å². The second-order valence-corrected chi connectivity index (χ2v) is 18.5. The first-order chi connectivity index (χ1) is 31.1. The minimum Gasteiger partial charge on any atom is -0.480 e. The Morgan fingerprint density at radius 3 is 1.68 bits per heavy atom. The Balaban J connectivity index is 0.970. The van der Waals surface area contributed by atoms with Crippen LogP contribution in [0.15, 0.2) is 0 Å². The number of nitrogens with zero attached hydrogens (tertiary/aromatic N) is 8. The summed E-state index contributed by atoms with van der Waals surface area (Å²) in [7, 11) is 0. The number of nitrogens with one attached hydrogen (secondary N) is 1. The fraction of sp³-hybridized carbons (Fsp3) is 0.837. The van der Waals surface area contributed by atoms with E-state index in [0.717, 1.165) is 38.5 Å². The zero-order valence-electron chi connectivity index (χ0n) is 38.1. The van der Waals surface area contributed by atoms with Crippen LogP contribution in [-0.4, -0.2) is 235 Å². The van der Waals surface area contributed by atoms with E-state index in [0.29, 0.717) is 51.5 Å². The van der Waals surface area contributed by atoms with Crippen LogP contribution in [0, 0.1) is 11.8 Å². The second-order valence-electron chi connectivity index (χ2n) is 18.5. The van der Waals surface area contributed by atoms with Crippen LogP contribution in [0.4, 0.5) is 0 Å². The van der Waals surface area contributed by atoms with Crippen molar-refractivity contribution in [1.29, 1.82) is 0 Å². The maximum Gasteiger partial charge on any atom is 0.317 e. The van der Waals surface area contributed by atoms with Crippen LogP contribution in [0.5, 0.6) is 6.01 Å². The average Bonchev–Trinajstić information content (AvgIpc) is 3.63. The highest BCUT2D eigenvalue weighted by atomic mass is 16.5. The largest absolute Gasteiger partial charge is 0.480 e. The number of amides is 2. The van der Waals surface area contributed by atoms with E-state index in [1.807, 2.05) is 9.80 Å². The van der Waals surface area contributed by atoms with Crippen LogP contribution in [0.1, 0.15) is 89.4 Å². The SMILES string of the molecule is CC(C)C1CC(c2nnc(O)n2C2CCC(OC3CCN(C(=O)CCOCCNC(=O)CN4CCN(CC(=O)O)CCN(CC(=O)O)CCN(CC(=O)O)CC4)CC3)CC2)C(O)CC1O. The maximum atomic E-state index is 13.0. The van der Waals surface area contributed by atoms with Crippen molar-refractivity contribution in [3.05, 3.63) is 5.82 Å². The van der Waals surface area contributed by atoms with Crippen molar-refractivity contribution in [2.45, 2.75) is 108 Å². The monoisotopic (exact) mass is 924 g/mol. The first-order valence-corrected chi connectivity index (χ1v) is 23.4. The number of carbonyl (C=O) groups is 5. The summed E-state index contributed by atoms with van der Waals surface area (Å²) >= 11 is 0. The number of hydrogen-bond donors (Lipinski definition) is 7. The Morgan fingerprint density at radius 1 is 0.662 bits per heavy atom. The molecule has 2 aliphatic heterocycles. The van der Waals surface area contributed by atoms with Crippen molar-refractivity contribution in [3.8, 4) is 6.01 Å². The number of hydrogen-bond acceptors (Lipinski definition) is 16. The van der Waals surface area contributed by atoms with E-state index in [1.165, 1.54) is 0 Å². The molecular formula is C43H73N9O13. The molecule has 4 atom stereocenters. The summed E-state index contributed by atoms with van der Waals surface area (Å²) in [5.74, 6) is -2.82. The van der Waals surface area contributed by atoms with Crippen molar-refractivity contribution >= 4 is 29.7 Å². The van der Waals surface area contributed by atoms with Crippen LogP contribution >= 0.6 is 0 Å². The lowest BCUT2D eigenvalue weighted by Crippen LogP contribution is -2.50. The summed E-state index contributed by atoms with van der Waals surface area (Å²) in [5.41, 5.74) is 0. The molecule has 1 aromatic heterocycles. The van der Waals surface area contributed by atoms with E-state index in [-0.39, 0.29) is 139 Å². The standard InChI is InChI=1S/C43H73N9O13/c1-29(2)33-23-34(36(54)24-35(33)53)42-45-46-43(63)52(42)30-3-5-31(6-4-30)65-32-7-11-51(12-8-32)38(56)9-21-64-22-10-44-37(55)25-47-13-15-48(26-39(57)58)17-19-50(28-41(61)62)20-18-49(16-14-47)27-40(59)60/h29-36,53-54H,3-28H2,1-2H3,(H,44,55)(H,46,63)(H,57,58)(H,59,60)(H,61,62). The molecule has 4 unspecified atom stereocenters. The molecule has 2 aliphatic carbocycles. The van der Waals surface area contributed by atoms with Gasteiger partial charge in [0, 0.05) is 90.4 Å². The number of carboxylic acids is 3. The van der Waals surface area contributed by atoms with Crippen LogP contribution in [0.25, 0.3) is 0 Å². The van der Waals surface area contributed by atoms with Crippen LogP contribution < -0.4 is 5.32 Å². The first-order valence-electron chi connectivity index (χ1n) is 23.4. The lowest BCUT2D eigenvalue weighted by molar-refractivity contribution is -0.140. The molecule has 4 aliphatic rings. The summed E-state index contributed by atoms with van der Waals surface area (Å²) in [4.78, 5) is 69.2. The van der Waals surface area contributed by atoms with Crippen LogP contribution in [0.2, 0.25) is 0 Å². The number of carbonyl (C=O) groups excluding carboxylic acids is 2. The summed E-state index contributed by atoms with van der Waals surface area (Å²) in [6.07, 6.45) is 4.43. The van der Waals surface area contributed by atoms with Crippen molar-refractivity contribution in [3.63, 3.8) is 0 Å². The Labute approximate surface area is 380 Å². The molecule has 22 heteroatoms. The van der Waals surface area contributed by atoms with Gasteiger partial charge in [-0.2, -0.15) is 0 Å². The molecule has 5 rings (SSSR count). The maximum absolute atomic E-state index is 13.0. The van der Waals surface area contributed by atoms with Crippen molar-refractivity contribution in [2.75, 3.05) is 111 Å². The van der Waals surface area contributed by atoms with Crippen molar-refractivity contribution < 1.29 is 64.1 Å². The van der Waals surface area contributed by atoms with Gasteiger partial charge in [0.05, 0.1) is 70.2 Å². The highest BCUT2D eigenvalue weighted by Gasteiger charge is 2.41. The Kier molecular flexibility index (Phi) is 20.6. The van der Waals surface area contributed by atoms with Gasteiger partial charge in [0.1, 0.15) is 5.82 Å². The van der Waals surface area contributed by atoms with Gasteiger partial charge in [-0.15, -0.1) is 5.10 Å². The van der Waals surface area contributed by atoms with E-state index in [1.54, 1.807) is 19.3 Å². The average molecular weight is 924 g/mol. The van der Waals surface area contributed by atoms with Gasteiger partial charge < -0.3 is 50.3 Å².